The predicted molar refractivity (Wildman–Crippen MR) is 76.9 cm³/mol. The number of carbonyl (C=O) groups is 1. The highest BCUT2D eigenvalue weighted by Gasteiger charge is 2.02. The van der Waals surface area contributed by atoms with Crippen LogP contribution in [0.2, 0.25) is 0 Å². The third-order valence-corrected chi connectivity index (χ3v) is 2.80. The van der Waals surface area contributed by atoms with Crippen LogP contribution in [0.4, 0.5) is 9.18 Å². The Balaban J connectivity index is 2.17. The van der Waals surface area contributed by atoms with E-state index in [0.29, 0.717) is 5.56 Å². The van der Waals surface area contributed by atoms with E-state index in [1.165, 1.54) is 12.3 Å². The molecule has 2 rings (SSSR count). The van der Waals surface area contributed by atoms with Crippen LogP contribution in [0.1, 0.15) is 11.1 Å². The van der Waals surface area contributed by atoms with Gasteiger partial charge in [0.15, 0.2) is 0 Å². The van der Waals surface area contributed by atoms with Gasteiger partial charge in [-0.3, -0.25) is 0 Å². The second-order valence-electron chi connectivity index (χ2n) is 4.32. The van der Waals surface area contributed by atoms with E-state index < -0.39 is 6.03 Å². The Bertz CT molecular complexity index is 651. The number of hydrazone groups is 1. The van der Waals surface area contributed by atoms with Crippen molar-refractivity contribution in [1.29, 1.82) is 0 Å². The number of halogens is 1. The molecule has 0 radical (unpaired) electrons. The van der Waals surface area contributed by atoms with Crippen LogP contribution in [0.3, 0.4) is 0 Å². The molecule has 0 saturated heterocycles. The SMILES string of the molecule is Cc1ccc(-c2ccc(C=NNC(N)=O)cc2)cc1F. The van der Waals surface area contributed by atoms with Gasteiger partial charge in [0, 0.05) is 0 Å². The highest BCUT2D eigenvalue weighted by atomic mass is 19.1. The first-order valence-corrected chi connectivity index (χ1v) is 6.01. The maximum absolute atomic E-state index is 13.5. The fraction of sp³-hybridized carbons (Fsp3) is 0.0667. The van der Waals surface area contributed by atoms with E-state index in [0.717, 1.165) is 16.7 Å². The summed E-state index contributed by atoms with van der Waals surface area (Å²) in [7, 11) is 0. The van der Waals surface area contributed by atoms with Crippen LogP contribution in [-0.4, -0.2) is 12.2 Å². The lowest BCUT2D eigenvalue weighted by atomic mass is 10.0. The summed E-state index contributed by atoms with van der Waals surface area (Å²) in [5.41, 5.74) is 10.1. The molecule has 0 bridgehead atoms. The van der Waals surface area contributed by atoms with Gasteiger partial charge in [-0.25, -0.2) is 14.6 Å². The Labute approximate surface area is 116 Å². The summed E-state index contributed by atoms with van der Waals surface area (Å²) < 4.78 is 13.5. The zero-order chi connectivity index (χ0) is 14.5. The Morgan fingerprint density at radius 2 is 1.85 bits per heavy atom. The summed E-state index contributed by atoms with van der Waals surface area (Å²) >= 11 is 0. The van der Waals surface area contributed by atoms with Crippen LogP contribution in [0.5, 0.6) is 0 Å². The van der Waals surface area contributed by atoms with Gasteiger partial charge < -0.3 is 5.73 Å². The first kappa shape index (κ1) is 13.7. The summed E-state index contributed by atoms with van der Waals surface area (Å²) in [6.07, 6.45) is 1.48. The molecule has 4 nitrogen and oxygen atoms in total. The van der Waals surface area contributed by atoms with Crippen molar-refractivity contribution in [2.75, 3.05) is 0 Å². The van der Waals surface area contributed by atoms with E-state index in [1.807, 2.05) is 30.3 Å². The number of amides is 2. The number of aryl methyl sites for hydroxylation is 1. The standard InChI is InChI=1S/C15H14FN3O/c1-10-2-5-13(8-14(10)16)12-6-3-11(4-7-12)9-18-19-15(17)20/h2-9H,1H3,(H3,17,19,20). The number of primary amides is 1. The molecular weight excluding hydrogens is 257 g/mol. The molecule has 0 aromatic heterocycles. The van der Waals surface area contributed by atoms with Gasteiger partial charge >= 0.3 is 6.03 Å². The highest BCUT2D eigenvalue weighted by Crippen LogP contribution is 2.21. The first-order valence-electron chi connectivity index (χ1n) is 6.01. The van der Waals surface area contributed by atoms with Gasteiger partial charge in [0.25, 0.3) is 0 Å². The lowest BCUT2D eigenvalue weighted by Gasteiger charge is -2.04. The molecule has 0 aliphatic carbocycles. The van der Waals surface area contributed by atoms with Gasteiger partial charge in [0.05, 0.1) is 6.21 Å². The molecule has 2 aromatic carbocycles. The molecule has 0 aliphatic rings. The average Bonchev–Trinajstić information content (AvgIpc) is 2.42. The molecule has 102 valence electrons. The Morgan fingerprint density at radius 1 is 1.20 bits per heavy atom. The number of nitrogens with two attached hydrogens (primary N) is 1. The summed E-state index contributed by atoms with van der Waals surface area (Å²) in [6, 6.07) is 11.8. The third-order valence-electron chi connectivity index (χ3n) is 2.80. The number of nitrogens with zero attached hydrogens (tertiary/aromatic N) is 1. The lowest BCUT2D eigenvalue weighted by Crippen LogP contribution is -2.24. The molecule has 2 aromatic rings. The molecule has 2 amide bonds. The van der Waals surface area contributed by atoms with Gasteiger partial charge in [0.1, 0.15) is 5.82 Å². The van der Waals surface area contributed by atoms with Crippen molar-refractivity contribution in [2.24, 2.45) is 10.8 Å². The number of urea groups is 1. The van der Waals surface area contributed by atoms with E-state index in [1.54, 1.807) is 13.0 Å². The van der Waals surface area contributed by atoms with E-state index in [-0.39, 0.29) is 5.82 Å². The maximum atomic E-state index is 13.5. The van der Waals surface area contributed by atoms with Crippen LogP contribution in [0.25, 0.3) is 11.1 Å². The minimum Gasteiger partial charge on any atom is -0.350 e. The number of hydrogen-bond acceptors (Lipinski definition) is 2. The van der Waals surface area contributed by atoms with Crippen molar-refractivity contribution in [2.45, 2.75) is 6.92 Å². The fourth-order valence-electron chi connectivity index (χ4n) is 1.70. The van der Waals surface area contributed by atoms with Crippen molar-refractivity contribution >= 4 is 12.2 Å². The molecule has 0 heterocycles. The maximum Gasteiger partial charge on any atom is 0.332 e. The van der Waals surface area contributed by atoms with Crippen molar-refractivity contribution in [3.05, 3.63) is 59.4 Å². The van der Waals surface area contributed by atoms with Gasteiger partial charge in [0.2, 0.25) is 0 Å². The molecular formula is C15H14FN3O. The van der Waals surface area contributed by atoms with Gasteiger partial charge in [-0.05, 0) is 35.2 Å². The number of hydrogen-bond donors (Lipinski definition) is 2. The zero-order valence-corrected chi connectivity index (χ0v) is 10.9. The predicted octanol–water partition coefficient (Wildman–Crippen LogP) is 2.80. The monoisotopic (exact) mass is 271 g/mol. The van der Waals surface area contributed by atoms with E-state index in [9.17, 15) is 9.18 Å². The molecule has 0 atom stereocenters. The molecule has 0 spiro atoms. The summed E-state index contributed by atoms with van der Waals surface area (Å²) in [5, 5.41) is 3.66. The van der Waals surface area contributed by atoms with Crippen molar-refractivity contribution in [1.82, 2.24) is 5.43 Å². The van der Waals surface area contributed by atoms with Gasteiger partial charge in [-0.1, -0.05) is 36.4 Å². The molecule has 0 unspecified atom stereocenters. The molecule has 3 N–H and O–H groups in total. The second kappa shape index (κ2) is 5.97. The smallest absolute Gasteiger partial charge is 0.332 e. The lowest BCUT2D eigenvalue weighted by molar-refractivity contribution is 0.249. The van der Waals surface area contributed by atoms with E-state index in [2.05, 4.69) is 10.5 Å². The van der Waals surface area contributed by atoms with Crippen LogP contribution in [-0.2, 0) is 0 Å². The number of rotatable bonds is 3. The van der Waals surface area contributed by atoms with E-state index >= 15 is 0 Å². The van der Waals surface area contributed by atoms with Gasteiger partial charge in [-0.15, -0.1) is 0 Å². The number of carbonyl (C=O) groups excluding carboxylic acids is 1. The first-order chi connectivity index (χ1) is 9.56. The Morgan fingerprint density at radius 3 is 2.45 bits per heavy atom. The van der Waals surface area contributed by atoms with E-state index in [4.69, 9.17) is 5.73 Å². The van der Waals surface area contributed by atoms with Crippen molar-refractivity contribution in [3.8, 4) is 11.1 Å². The number of benzene rings is 2. The quantitative estimate of drug-likeness (QED) is 0.654. The van der Waals surface area contributed by atoms with Crippen LogP contribution >= 0.6 is 0 Å². The fourth-order valence-corrected chi connectivity index (χ4v) is 1.70. The minimum absolute atomic E-state index is 0.223. The summed E-state index contributed by atoms with van der Waals surface area (Å²) in [5.74, 6) is -0.223. The summed E-state index contributed by atoms with van der Waals surface area (Å²) in [6.45, 7) is 1.73. The van der Waals surface area contributed by atoms with Crippen molar-refractivity contribution in [3.63, 3.8) is 0 Å². The second-order valence-corrected chi connectivity index (χ2v) is 4.32. The van der Waals surface area contributed by atoms with Crippen LogP contribution in [0, 0.1) is 12.7 Å². The van der Waals surface area contributed by atoms with Crippen molar-refractivity contribution < 1.29 is 9.18 Å². The Hall–Kier alpha value is -2.69. The van der Waals surface area contributed by atoms with Gasteiger partial charge in [-0.2, -0.15) is 5.10 Å². The molecule has 20 heavy (non-hydrogen) atoms. The zero-order valence-electron chi connectivity index (χ0n) is 10.9. The van der Waals surface area contributed by atoms with Crippen LogP contribution < -0.4 is 11.2 Å². The molecule has 0 saturated carbocycles. The molecule has 0 fully saturated rings. The largest absolute Gasteiger partial charge is 0.350 e. The minimum atomic E-state index is -0.715. The third kappa shape index (κ3) is 3.41. The molecule has 0 aliphatic heterocycles. The normalized spacial score (nSPS) is 10.7. The molecule has 5 heteroatoms. The average molecular weight is 271 g/mol. The topological polar surface area (TPSA) is 67.5 Å². The highest BCUT2D eigenvalue weighted by molar-refractivity contribution is 5.82. The van der Waals surface area contributed by atoms with Crippen LogP contribution in [0.15, 0.2) is 47.6 Å². The summed E-state index contributed by atoms with van der Waals surface area (Å²) in [4.78, 5) is 10.4. The Kier molecular flexibility index (Phi) is 4.10. The number of nitrogens with one attached hydrogen (secondary N) is 1.